The van der Waals surface area contributed by atoms with Crippen LogP contribution in [0.4, 0.5) is 0 Å². The maximum Gasteiger partial charge on any atom is 0.494 e. The predicted molar refractivity (Wildman–Crippen MR) is 99.9 cm³/mol. The van der Waals surface area contributed by atoms with Crippen molar-refractivity contribution in [3.05, 3.63) is 35.5 Å². The molecule has 1 N–H and O–H groups in total. The summed E-state index contributed by atoms with van der Waals surface area (Å²) in [5.74, 6) is -0.685. The van der Waals surface area contributed by atoms with Crippen LogP contribution in [0.5, 0.6) is 0 Å². The largest absolute Gasteiger partial charge is 0.494 e. The molecule has 0 atom stereocenters. The van der Waals surface area contributed by atoms with Gasteiger partial charge < -0.3 is 19.4 Å². The number of hydrogen-bond acceptors (Lipinski definition) is 5. The van der Waals surface area contributed by atoms with Crippen LogP contribution in [0.15, 0.2) is 35.5 Å². The molecule has 0 bridgehead atoms. The number of rotatable bonds is 5. The van der Waals surface area contributed by atoms with Gasteiger partial charge in [0.2, 0.25) is 6.29 Å². The summed E-state index contributed by atoms with van der Waals surface area (Å²) >= 11 is 0. The minimum Gasteiger partial charge on any atom is -0.399 e. The van der Waals surface area contributed by atoms with Gasteiger partial charge in [-0.05, 0) is 53.1 Å². The molecular formula is C18H30BNO5. The Labute approximate surface area is 151 Å². The number of nitrogens with one attached hydrogen (secondary N) is 1. The third-order valence-electron chi connectivity index (χ3n) is 4.00. The van der Waals surface area contributed by atoms with Gasteiger partial charge in [-0.1, -0.05) is 18.2 Å². The van der Waals surface area contributed by atoms with E-state index in [2.05, 4.69) is 10.1 Å². The molecule has 0 unspecified atom stereocenters. The molecule has 1 heterocycles. The number of allylic oxidation sites excluding steroid dienone is 5. The van der Waals surface area contributed by atoms with Crippen LogP contribution in [0, 0.1) is 0 Å². The van der Waals surface area contributed by atoms with Crippen molar-refractivity contribution < 1.29 is 23.6 Å². The summed E-state index contributed by atoms with van der Waals surface area (Å²) in [4.78, 5) is 21.5. The Kier molecular flexibility index (Phi) is 9.63. The SMILES string of the molecule is COC.C\C=C(/C=C\C(=C/C)NC(=O)C=O)B1OC(C)(C)C(C)(C)O1. The van der Waals surface area contributed by atoms with Crippen molar-refractivity contribution in [2.75, 3.05) is 14.2 Å². The smallest absolute Gasteiger partial charge is 0.399 e. The van der Waals surface area contributed by atoms with E-state index >= 15 is 0 Å². The van der Waals surface area contributed by atoms with Crippen LogP contribution in [0.3, 0.4) is 0 Å². The first-order valence-electron chi connectivity index (χ1n) is 8.11. The second kappa shape index (κ2) is 10.3. The molecule has 1 saturated heterocycles. The average molecular weight is 351 g/mol. The van der Waals surface area contributed by atoms with E-state index in [9.17, 15) is 9.59 Å². The third-order valence-corrected chi connectivity index (χ3v) is 4.00. The van der Waals surface area contributed by atoms with E-state index in [1.54, 1.807) is 33.3 Å². The van der Waals surface area contributed by atoms with E-state index < -0.39 is 24.2 Å². The maximum atomic E-state index is 11.1. The molecule has 1 aliphatic rings. The Morgan fingerprint density at radius 1 is 1.00 bits per heavy atom. The van der Waals surface area contributed by atoms with E-state index in [-0.39, 0.29) is 6.29 Å². The maximum absolute atomic E-state index is 11.1. The van der Waals surface area contributed by atoms with Gasteiger partial charge in [0.05, 0.1) is 11.2 Å². The molecule has 0 spiro atoms. The fraction of sp³-hybridized carbons (Fsp3) is 0.556. The Hall–Kier alpha value is -1.70. The summed E-state index contributed by atoms with van der Waals surface area (Å²) < 4.78 is 16.2. The van der Waals surface area contributed by atoms with Crippen LogP contribution in [-0.2, 0) is 23.6 Å². The summed E-state index contributed by atoms with van der Waals surface area (Å²) in [6.07, 6.45) is 7.36. The Morgan fingerprint density at radius 2 is 1.48 bits per heavy atom. The number of carbonyl (C=O) groups is 2. The average Bonchev–Trinajstić information content (AvgIpc) is 2.75. The van der Waals surface area contributed by atoms with Crippen molar-refractivity contribution in [3.63, 3.8) is 0 Å². The normalized spacial score (nSPS) is 19.4. The standard InChI is InChI=1S/C16H24BNO4.C2H6O/c1-7-12(9-10-13(8-2)18-14(20)11-19)17-21-15(3,4)16(5,6)22-17;1-3-2/h7-11H,1-6H3,(H,18,20);1-2H3/b10-9-,12-7+,13-8+;. The van der Waals surface area contributed by atoms with Crippen molar-refractivity contribution in [2.24, 2.45) is 0 Å². The lowest BCUT2D eigenvalue weighted by molar-refractivity contribution is -0.130. The molecular weight excluding hydrogens is 321 g/mol. The van der Waals surface area contributed by atoms with Gasteiger partial charge in [-0.2, -0.15) is 0 Å². The van der Waals surface area contributed by atoms with Crippen LogP contribution in [0.25, 0.3) is 0 Å². The van der Waals surface area contributed by atoms with Gasteiger partial charge in [-0.15, -0.1) is 0 Å². The van der Waals surface area contributed by atoms with Gasteiger partial charge >= 0.3 is 7.12 Å². The molecule has 0 aromatic heterocycles. The second-order valence-electron chi connectivity index (χ2n) is 6.47. The zero-order valence-electron chi connectivity index (χ0n) is 16.5. The van der Waals surface area contributed by atoms with E-state index in [1.165, 1.54) is 0 Å². The quantitative estimate of drug-likeness (QED) is 0.357. The molecule has 6 nitrogen and oxygen atoms in total. The van der Waals surface area contributed by atoms with Crippen molar-refractivity contribution in [1.29, 1.82) is 0 Å². The number of aldehydes is 1. The summed E-state index contributed by atoms with van der Waals surface area (Å²) in [6.45, 7) is 11.6. The predicted octanol–water partition coefficient (Wildman–Crippen LogP) is 2.60. The minimum atomic E-state index is -0.685. The van der Waals surface area contributed by atoms with E-state index in [0.717, 1.165) is 5.47 Å². The monoisotopic (exact) mass is 351 g/mol. The number of carbonyl (C=O) groups excluding carboxylic acids is 2. The highest BCUT2D eigenvalue weighted by Gasteiger charge is 2.51. The Morgan fingerprint density at radius 3 is 1.84 bits per heavy atom. The lowest BCUT2D eigenvalue weighted by Crippen LogP contribution is -2.41. The summed E-state index contributed by atoms with van der Waals surface area (Å²) in [7, 11) is 2.78. The van der Waals surface area contributed by atoms with Crippen LogP contribution >= 0.6 is 0 Å². The first-order chi connectivity index (χ1) is 11.6. The zero-order valence-corrected chi connectivity index (χ0v) is 16.5. The van der Waals surface area contributed by atoms with Crippen molar-refractivity contribution >= 4 is 19.3 Å². The van der Waals surface area contributed by atoms with Crippen LogP contribution in [-0.4, -0.2) is 44.7 Å². The van der Waals surface area contributed by atoms with Crippen LogP contribution in [0.2, 0.25) is 0 Å². The molecule has 1 rings (SSSR count). The minimum absolute atomic E-state index is 0.238. The van der Waals surface area contributed by atoms with Gasteiger partial charge in [0, 0.05) is 19.9 Å². The first kappa shape index (κ1) is 23.3. The van der Waals surface area contributed by atoms with Crippen LogP contribution < -0.4 is 5.32 Å². The Balaban J connectivity index is 0.00000178. The molecule has 7 heteroatoms. The highest BCUT2D eigenvalue weighted by molar-refractivity contribution is 6.55. The lowest BCUT2D eigenvalue weighted by atomic mass is 9.77. The molecule has 25 heavy (non-hydrogen) atoms. The molecule has 140 valence electrons. The number of amides is 1. The number of methoxy groups -OCH3 is 1. The van der Waals surface area contributed by atoms with Gasteiger partial charge in [-0.25, -0.2) is 0 Å². The molecule has 0 saturated carbocycles. The molecule has 1 amide bonds. The lowest BCUT2D eigenvalue weighted by Gasteiger charge is -2.32. The molecule has 1 fully saturated rings. The third kappa shape index (κ3) is 6.98. The van der Waals surface area contributed by atoms with E-state index in [1.807, 2.05) is 46.8 Å². The van der Waals surface area contributed by atoms with Gasteiger partial charge in [0.1, 0.15) is 0 Å². The second-order valence-corrected chi connectivity index (χ2v) is 6.47. The topological polar surface area (TPSA) is 73.9 Å². The van der Waals surface area contributed by atoms with Crippen molar-refractivity contribution in [3.8, 4) is 0 Å². The van der Waals surface area contributed by atoms with Crippen LogP contribution in [0.1, 0.15) is 41.5 Å². The molecule has 0 aromatic carbocycles. The van der Waals surface area contributed by atoms with Gasteiger partial charge in [-0.3, -0.25) is 9.59 Å². The van der Waals surface area contributed by atoms with E-state index in [0.29, 0.717) is 5.70 Å². The molecule has 0 aliphatic carbocycles. The fourth-order valence-electron chi connectivity index (χ4n) is 1.86. The molecule has 1 aliphatic heterocycles. The van der Waals surface area contributed by atoms with Gasteiger partial charge in [0.15, 0.2) is 0 Å². The highest BCUT2D eigenvalue weighted by atomic mass is 16.7. The Bertz CT molecular complexity index is 534. The van der Waals surface area contributed by atoms with Crippen molar-refractivity contribution in [1.82, 2.24) is 5.32 Å². The fourth-order valence-corrected chi connectivity index (χ4v) is 1.86. The first-order valence-corrected chi connectivity index (χ1v) is 8.11. The molecule has 0 aromatic rings. The van der Waals surface area contributed by atoms with Crippen molar-refractivity contribution in [2.45, 2.75) is 52.7 Å². The summed E-state index contributed by atoms with van der Waals surface area (Å²) in [6, 6.07) is 0. The zero-order chi connectivity index (χ0) is 19.7. The summed E-state index contributed by atoms with van der Waals surface area (Å²) in [5.41, 5.74) is 0.565. The highest BCUT2D eigenvalue weighted by Crippen LogP contribution is 2.38. The number of ether oxygens (including phenoxy) is 1. The van der Waals surface area contributed by atoms with E-state index in [4.69, 9.17) is 9.31 Å². The molecule has 0 radical (unpaired) electrons. The summed E-state index contributed by atoms with van der Waals surface area (Å²) in [5, 5.41) is 2.48. The number of hydrogen-bond donors (Lipinski definition) is 1. The van der Waals surface area contributed by atoms with Gasteiger partial charge in [0.25, 0.3) is 5.91 Å².